The van der Waals surface area contributed by atoms with Gasteiger partial charge in [0.2, 0.25) is 0 Å². The van der Waals surface area contributed by atoms with Gasteiger partial charge in [0, 0.05) is 11.6 Å². The number of carbonyl (C=O) groups is 1. The van der Waals surface area contributed by atoms with Crippen LogP contribution in [0.1, 0.15) is 22.1 Å². The fraction of sp³-hybridized carbons (Fsp3) is 0.111. The van der Waals surface area contributed by atoms with Crippen LogP contribution < -0.4 is 10.1 Å². The highest BCUT2D eigenvalue weighted by Gasteiger charge is 2.26. The average Bonchev–Trinajstić information content (AvgIpc) is 3.23. The van der Waals surface area contributed by atoms with Gasteiger partial charge in [-0.1, -0.05) is 35.5 Å². The quantitative estimate of drug-likeness (QED) is 0.802. The average molecular weight is 324 g/mol. The number of halogens is 1. The minimum Gasteiger partial charge on any atom is -0.491 e. The smallest absolute Gasteiger partial charge is 0.274 e. The van der Waals surface area contributed by atoms with Gasteiger partial charge in [-0.3, -0.25) is 4.79 Å². The monoisotopic (exact) mass is 324 g/mol. The molecule has 3 aromatic rings. The second-order valence-electron chi connectivity index (χ2n) is 5.43. The maximum atomic E-state index is 13.8. The number of amides is 1. The molecule has 1 aliphatic rings. The Labute approximate surface area is 137 Å². The van der Waals surface area contributed by atoms with E-state index in [9.17, 15) is 9.18 Å². The van der Waals surface area contributed by atoms with Crippen LogP contribution in [0, 0.1) is 5.82 Å². The minimum atomic E-state index is -0.432. The maximum Gasteiger partial charge on any atom is 0.274 e. The van der Waals surface area contributed by atoms with Gasteiger partial charge in [0.05, 0.1) is 11.6 Å². The third kappa shape index (κ3) is 2.52. The number of hydrogen-bond donors (Lipinski definition) is 1. The first-order chi connectivity index (χ1) is 11.7. The van der Waals surface area contributed by atoms with E-state index in [0.717, 1.165) is 11.3 Å². The second kappa shape index (κ2) is 5.81. The lowest BCUT2D eigenvalue weighted by atomic mass is 10.1. The molecule has 1 amide bonds. The maximum absolute atomic E-state index is 13.8. The van der Waals surface area contributed by atoms with Gasteiger partial charge in [-0.05, 0) is 18.2 Å². The summed E-state index contributed by atoms with van der Waals surface area (Å²) in [6, 6.07) is 14.9. The van der Waals surface area contributed by atoms with Gasteiger partial charge in [-0.2, -0.15) is 0 Å². The Kier molecular flexibility index (Phi) is 3.49. The topological polar surface area (TPSA) is 64.4 Å². The SMILES string of the molecule is O=C(N[C@H]1COc2ccccc21)c1cc(-c2ccccc2F)on1. The largest absolute Gasteiger partial charge is 0.491 e. The molecule has 1 aliphatic heterocycles. The Balaban J connectivity index is 1.53. The zero-order valence-electron chi connectivity index (χ0n) is 12.5. The number of aromatic nitrogens is 1. The highest BCUT2D eigenvalue weighted by atomic mass is 19.1. The summed E-state index contributed by atoms with van der Waals surface area (Å²) in [4.78, 5) is 12.4. The van der Waals surface area contributed by atoms with E-state index < -0.39 is 11.7 Å². The van der Waals surface area contributed by atoms with Crippen molar-refractivity contribution in [1.29, 1.82) is 0 Å². The molecule has 2 aromatic carbocycles. The molecule has 6 heteroatoms. The summed E-state index contributed by atoms with van der Waals surface area (Å²) in [5.74, 6) is 0.140. The van der Waals surface area contributed by atoms with Crippen LogP contribution in [-0.4, -0.2) is 17.7 Å². The zero-order chi connectivity index (χ0) is 16.5. The van der Waals surface area contributed by atoms with Crippen molar-refractivity contribution in [3.63, 3.8) is 0 Å². The molecule has 0 aliphatic carbocycles. The lowest BCUT2D eigenvalue weighted by molar-refractivity contribution is 0.0921. The Morgan fingerprint density at radius 2 is 1.96 bits per heavy atom. The van der Waals surface area contributed by atoms with Gasteiger partial charge in [0.15, 0.2) is 11.5 Å². The molecule has 1 N–H and O–H groups in total. The molecule has 0 saturated carbocycles. The predicted molar refractivity (Wildman–Crippen MR) is 84.0 cm³/mol. The molecule has 4 rings (SSSR count). The third-order valence-corrected chi connectivity index (χ3v) is 3.89. The van der Waals surface area contributed by atoms with E-state index in [1.165, 1.54) is 12.1 Å². The van der Waals surface area contributed by atoms with Crippen molar-refractivity contribution >= 4 is 5.91 Å². The van der Waals surface area contributed by atoms with Crippen LogP contribution in [0.15, 0.2) is 59.1 Å². The van der Waals surface area contributed by atoms with Crippen molar-refractivity contribution in [3.05, 3.63) is 71.7 Å². The van der Waals surface area contributed by atoms with Gasteiger partial charge in [0.25, 0.3) is 5.91 Å². The number of hydrogen-bond acceptors (Lipinski definition) is 4. The first-order valence-corrected chi connectivity index (χ1v) is 7.46. The fourth-order valence-electron chi connectivity index (χ4n) is 2.68. The first kappa shape index (κ1) is 14.4. The molecule has 0 radical (unpaired) electrons. The molecule has 0 spiro atoms. The van der Waals surface area contributed by atoms with E-state index in [0.29, 0.717) is 6.61 Å². The molecule has 120 valence electrons. The normalized spacial score (nSPS) is 15.6. The highest BCUT2D eigenvalue weighted by molar-refractivity contribution is 5.93. The molecule has 24 heavy (non-hydrogen) atoms. The van der Waals surface area contributed by atoms with Crippen molar-refractivity contribution in [2.75, 3.05) is 6.61 Å². The summed E-state index contributed by atoms with van der Waals surface area (Å²) >= 11 is 0. The number of nitrogens with zero attached hydrogens (tertiary/aromatic N) is 1. The Morgan fingerprint density at radius 1 is 1.17 bits per heavy atom. The van der Waals surface area contributed by atoms with Crippen molar-refractivity contribution < 1.29 is 18.4 Å². The molecular formula is C18H13FN2O3. The Morgan fingerprint density at radius 3 is 2.83 bits per heavy atom. The van der Waals surface area contributed by atoms with E-state index in [4.69, 9.17) is 9.26 Å². The van der Waals surface area contributed by atoms with Crippen LogP contribution in [0.2, 0.25) is 0 Å². The lowest BCUT2D eigenvalue weighted by Crippen LogP contribution is -2.29. The van der Waals surface area contributed by atoms with Gasteiger partial charge in [-0.25, -0.2) is 4.39 Å². The number of fused-ring (bicyclic) bond motifs is 1. The fourth-order valence-corrected chi connectivity index (χ4v) is 2.68. The standard InChI is InChI=1S/C18H13FN2O3/c19-13-7-3-1-5-11(13)17-9-14(21-24-17)18(22)20-15-10-23-16-8-4-2-6-12(15)16/h1-9,15H,10H2,(H,20,22)/t15-/m0/s1. The van der Waals surface area contributed by atoms with Crippen LogP contribution in [0.4, 0.5) is 4.39 Å². The summed E-state index contributed by atoms with van der Waals surface area (Å²) < 4.78 is 24.4. The van der Waals surface area contributed by atoms with Gasteiger partial charge in [0.1, 0.15) is 18.2 Å². The van der Waals surface area contributed by atoms with E-state index in [-0.39, 0.29) is 23.1 Å². The van der Waals surface area contributed by atoms with Gasteiger partial charge < -0.3 is 14.6 Å². The number of carbonyl (C=O) groups excluding carboxylic acids is 1. The van der Waals surface area contributed by atoms with Crippen LogP contribution in [0.3, 0.4) is 0 Å². The number of benzene rings is 2. The summed E-state index contributed by atoms with van der Waals surface area (Å²) in [6.45, 7) is 0.364. The minimum absolute atomic E-state index is 0.0950. The number of rotatable bonds is 3. The van der Waals surface area contributed by atoms with Crippen molar-refractivity contribution in [2.24, 2.45) is 0 Å². The number of ether oxygens (including phenoxy) is 1. The van der Waals surface area contributed by atoms with Crippen LogP contribution >= 0.6 is 0 Å². The van der Waals surface area contributed by atoms with Crippen LogP contribution in [0.25, 0.3) is 11.3 Å². The molecule has 1 atom stereocenters. The summed E-state index contributed by atoms with van der Waals surface area (Å²) in [5, 5.41) is 6.59. The Bertz CT molecular complexity index is 907. The van der Waals surface area contributed by atoms with Crippen LogP contribution in [0.5, 0.6) is 5.75 Å². The molecule has 0 bridgehead atoms. The van der Waals surface area contributed by atoms with Crippen molar-refractivity contribution in [3.8, 4) is 17.1 Å². The lowest BCUT2D eigenvalue weighted by Gasteiger charge is -2.09. The van der Waals surface area contributed by atoms with E-state index >= 15 is 0 Å². The third-order valence-electron chi connectivity index (χ3n) is 3.89. The molecule has 0 unspecified atom stereocenters. The molecular weight excluding hydrogens is 311 g/mol. The van der Waals surface area contributed by atoms with Crippen molar-refractivity contribution in [2.45, 2.75) is 6.04 Å². The Hall–Kier alpha value is -3.15. The molecule has 5 nitrogen and oxygen atoms in total. The highest BCUT2D eigenvalue weighted by Crippen LogP contribution is 2.32. The van der Waals surface area contributed by atoms with E-state index in [2.05, 4.69) is 10.5 Å². The number of para-hydroxylation sites is 1. The van der Waals surface area contributed by atoms with Crippen LogP contribution in [-0.2, 0) is 0 Å². The summed E-state index contributed by atoms with van der Waals surface area (Å²) in [6.07, 6.45) is 0. The number of nitrogens with one attached hydrogen (secondary N) is 1. The van der Waals surface area contributed by atoms with Gasteiger partial charge in [-0.15, -0.1) is 0 Å². The molecule has 0 fully saturated rings. The summed E-state index contributed by atoms with van der Waals surface area (Å²) in [5.41, 5.74) is 1.28. The second-order valence-corrected chi connectivity index (χ2v) is 5.43. The molecule has 0 saturated heterocycles. The van der Waals surface area contributed by atoms with E-state index in [1.54, 1.807) is 18.2 Å². The molecule has 2 heterocycles. The first-order valence-electron chi connectivity index (χ1n) is 7.46. The predicted octanol–water partition coefficient (Wildman–Crippen LogP) is 3.34. The van der Waals surface area contributed by atoms with Crippen molar-refractivity contribution in [1.82, 2.24) is 10.5 Å². The van der Waals surface area contributed by atoms with E-state index in [1.807, 2.05) is 24.3 Å². The molecule has 1 aromatic heterocycles. The zero-order valence-corrected chi connectivity index (χ0v) is 12.5. The van der Waals surface area contributed by atoms with Gasteiger partial charge >= 0.3 is 0 Å². The summed E-state index contributed by atoms with van der Waals surface area (Å²) in [7, 11) is 0.